The second-order valence-corrected chi connectivity index (χ2v) is 6.03. The van der Waals surface area contributed by atoms with Crippen molar-refractivity contribution in [3.8, 4) is 5.75 Å². The molecular weight excluding hydrogens is 280 g/mol. The van der Waals surface area contributed by atoms with E-state index in [1.807, 2.05) is 25.1 Å². The van der Waals surface area contributed by atoms with Crippen LogP contribution in [-0.4, -0.2) is 70.8 Å². The van der Waals surface area contributed by atoms with E-state index >= 15 is 0 Å². The van der Waals surface area contributed by atoms with Crippen LogP contribution in [0.1, 0.15) is 0 Å². The van der Waals surface area contributed by atoms with Gasteiger partial charge in [0.15, 0.2) is 6.61 Å². The van der Waals surface area contributed by atoms with Gasteiger partial charge in [0.25, 0.3) is 5.91 Å². The topological polar surface area (TPSA) is 48.1 Å². The molecule has 120 valence electrons. The number of amides is 1. The Morgan fingerprint density at radius 3 is 2.77 bits per heavy atom. The number of piperazine rings is 1. The van der Waals surface area contributed by atoms with Gasteiger partial charge in [-0.25, -0.2) is 0 Å². The highest BCUT2D eigenvalue weighted by Gasteiger charge is 2.26. The molecular formula is C16H24N4O2. The molecule has 6 nitrogen and oxygen atoms in total. The molecule has 0 aliphatic carbocycles. The summed E-state index contributed by atoms with van der Waals surface area (Å²) in [4.78, 5) is 18.4. The van der Waals surface area contributed by atoms with Crippen molar-refractivity contribution in [1.29, 1.82) is 0 Å². The molecule has 2 aliphatic rings. The number of nitrogens with one attached hydrogen (secondary N) is 1. The molecule has 0 unspecified atom stereocenters. The summed E-state index contributed by atoms with van der Waals surface area (Å²) >= 11 is 0. The molecule has 0 saturated carbocycles. The molecule has 0 bridgehead atoms. The minimum absolute atomic E-state index is 0.0317. The van der Waals surface area contributed by atoms with E-state index in [-0.39, 0.29) is 12.5 Å². The normalized spacial score (nSPS) is 18.4. The standard InChI is InChI=1S/C16H24N4O2/c1-18(2)9-10-20-14-4-3-13(19-7-5-17-6-8-19)11-15(14)22-12-16(20)21/h3-4,11,17H,5-10,12H2,1-2H3. The minimum Gasteiger partial charge on any atom is -0.481 e. The van der Waals surface area contributed by atoms with Crippen LogP contribution in [-0.2, 0) is 4.79 Å². The third kappa shape index (κ3) is 3.18. The molecule has 1 N–H and O–H groups in total. The van der Waals surface area contributed by atoms with Crippen molar-refractivity contribution in [2.75, 3.05) is 69.8 Å². The molecule has 0 atom stereocenters. The van der Waals surface area contributed by atoms with E-state index in [0.717, 1.165) is 44.2 Å². The van der Waals surface area contributed by atoms with Gasteiger partial charge in [-0.3, -0.25) is 4.79 Å². The first-order valence-electron chi connectivity index (χ1n) is 7.83. The van der Waals surface area contributed by atoms with E-state index < -0.39 is 0 Å². The Morgan fingerprint density at radius 2 is 2.05 bits per heavy atom. The first kappa shape index (κ1) is 15.1. The molecule has 0 spiro atoms. The Bertz CT molecular complexity index is 541. The number of benzene rings is 1. The average Bonchev–Trinajstić information content (AvgIpc) is 2.54. The zero-order chi connectivity index (χ0) is 15.5. The van der Waals surface area contributed by atoms with E-state index in [2.05, 4.69) is 27.2 Å². The van der Waals surface area contributed by atoms with Crippen LogP contribution < -0.4 is 19.9 Å². The molecule has 1 saturated heterocycles. The maximum Gasteiger partial charge on any atom is 0.265 e. The first-order chi connectivity index (χ1) is 10.6. The number of fused-ring (bicyclic) bond motifs is 1. The number of anilines is 2. The number of rotatable bonds is 4. The average molecular weight is 304 g/mol. The Balaban J connectivity index is 1.80. The number of carbonyl (C=O) groups excluding carboxylic acids is 1. The summed E-state index contributed by atoms with van der Waals surface area (Å²) in [5.41, 5.74) is 2.05. The van der Waals surface area contributed by atoms with Crippen LogP contribution in [0.5, 0.6) is 5.75 Å². The monoisotopic (exact) mass is 304 g/mol. The number of nitrogens with zero attached hydrogens (tertiary/aromatic N) is 3. The van der Waals surface area contributed by atoms with Crippen molar-refractivity contribution in [2.45, 2.75) is 0 Å². The first-order valence-corrected chi connectivity index (χ1v) is 7.83. The van der Waals surface area contributed by atoms with Gasteiger partial charge in [0.2, 0.25) is 0 Å². The van der Waals surface area contributed by atoms with Crippen LogP contribution in [0.15, 0.2) is 18.2 Å². The lowest BCUT2D eigenvalue weighted by molar-refractivity contribution is -0.121. The number of ether oxygens (including phenoxy) is 1. The van der Waals surface area contributed by atoms with E-state index in [1.165, 1.54) is 5.69 Å². The van der Waals surface area contributed by atoms with Gasteiger partial charge in [-0.05, 0) is 26.2 Å². The van der Waals surface area contributed by atoms with Gasteiger partial charge >= 0.3 is 0 Å². The van der Waals surface area contributed by atoms with Gasteiger partial charge in [-0.15, -0.1) is 0 Å². The maximum atomic E-state index is 12.1. The lowest BCUT2D eigenvalue weighted by atomic mass is 10.2. The van der Waals surface area contributed by atoms with Crippen LogP contribution in [0.3, 0.4) is 0 Å². The molecule has 2 aliphatic heterocycles. The summed E-state index contributed by atoms with van der Waals surface area (Å²) in [7, 11) is 4.03. The van der Waals surface area contributed by atoms with E-state index in [4.69, 9.17) is 4.74 Å². The molecule has 1 aromatic rings. The predicted molar refractivity (Wildman–Crippen MR) is 87.9 cm³/mol. The van der Waals surface area contributed by atoms with Crippen molar-refractivity contribution in [3.63, 3.8) is 0 Å². The summed E-state index contributed by atoms with van der Waals surface area (Å²) in [6, 6.07) is 6.17. The number of likely N-dealkylation sites (N-methyl/N-ethyl adjacent to an activating group) is 1. The van der Waals surface area contributed by atoms with Crippen LogP contribution >= 0.6 is 0 Å². The minimum atomic E-state index is 0.0317. The summed E-state index contributed by atoms with van der Waals surface area (Å²) in [6.45, 7) is 5.67. The zero-order valence-corrected chi connectivity index (χ0v) is 13.3. The fraction of sp³-hybridized carbons (Fsp3) is 0.562. The second-order valence-electron chi connectivity index (χ2n) is 6.03. The Morgan fingerprint density at radius 1 is 1.27 bits per heavy atom. The van der Waals surface area contributed by atoms with Gasteiger partial charge in [0.1, 0.15) is 5.75 Å². The van der Waals surface area contributed by atoms with Gasteiger partial charge < -0.3 is 24.8 Å². The maximum absolute atomic E-state index is 12.1. The van der Waals surface area contributed by atoms with E-state index in [9.17, 15) is 4.79 Å². The van der Waals surface area contributed by atoms with Crippen LogP contribution in [0, 0.1) is 0 Å². The predicted octanol–water partition coefficient (Wildman–Crippen LogP) is 0.383. The number of hydrogen-bond acceptors (Lipinski definition) is 5. The van der Waals surface area contributed by atoms with Crippen molar-refractivity contribution < 1.29 is 9.53 Å². The fourth-order valence-electron chi connectivity index (χ4n) is 2.86. The molecule has 1 aromatic carbocycles. The summed E-state index contributed by atoms with van der Waals surface area (Å²) < 4.78 is 5.66. The SMILES string of the molecule is CN(C)CCN1C(=O)COc2cc(N3CCNCC3)ccc21. The smallest absolute Gasteiger partial charge is 0.265 e. The van der Waals surface area contributed by atoms with Crippen molar-refractivity contribution in [3.05, 3.63) is 18.2 Å². The van der Waals surface area contributed by atoms with Crippen molar-refractivity contribution >= 4 is 17.3 Å². The highest BCUT2D eigenvalue weighted by Crippen LogP contribution is 2.35. The highest BCUT2D eigenvalue weighted by molar-refractivity contribution is 5.98. The van der Waals surface area contributed by atoms with Gasteiger partial charge in [-0.2, -0.15) is 0 Å². The second kappa shape index (κ2) is 6.54. The quantitative estimate of drug-likeness (QED) is 0.872. The molecule has 1 fully saturated rings. The summed E-state index contributed by atoms with van der Waals surface area (Å²) in [5.74, 6) is 0.846. The Hall–Kier alpha value is -1.79. The van der Waals surface area contributed by atoms with E-state index in [1.54, 1.807) is 0 Å². The molecule has 0 radical (unpaired) electrons. The van der Waals surface area contributed by atoms with Crippen LogP contribution in [0.25, 0.3) is 0 Å². The third-order valence-electron chi connectivity index (χ3n) is 4.14. The Kier molecular flexibility index (Phi) is 4.49. The largest absolute Gasteiger partial charge is 0.481 e. The molecule has 0 aromatic heterocycles. The molecule has 2 heterocycles. The molecule has 1 amide bonds. The number of hydrogen-bond donors (Lipinski definition) is 1. The molecule has 6 heteroatoms. The van der Waals surface area contributed by atoms with Crippen molar-refractivity contribution in [2.24, 2.45) is 0 Å². The third-order valence-corrected chi connectivity index (χ3v) is 4.14. The fourth-order valence-corrected chi connectivity index (χ4v) is 2.86. The zero-order valence-electron chi connectivity index (χ0n) is 13.3. The number of carbonyl (C=O) groups is 1. The van der Waals surface area contributed by atoms with Crippen molar-refractivity contribution in [1.82, 2.24) is 10.2 Å². The lowest BCUT2D eigenvalue weighted by Crippen LogP contribution is -2.44. The van der Waals surface area contributed by atoms with Gasteiger partial charge in [0.05, 0.1) is 5.69 Å². The van der Waals surface area contributed by atoms with Crippen LogP contribution in [0.2, 0.25) is 0 Å². The van der Waals surface area contributed by atoms with Gasteiger partial charge in [-0.1, -0.05) is 0 Å². The van der Waals surface area contributed by atoms with Gasteiger partial charge in [0, 0.05) is 51.0 Å². The molecule has 3 rings (SSSR count). The Labute approximate surface area is 131 Å². The van der Waals surface area contributed by atoms with E-state index in [0.29, 0.717) is 6.54 Å². The summed E-state index contributed by atoms with van der Waals surface area (Å²) in [6.07, 6.45) is 0. The molecule has 22 heavy (non-hydrogen) atoms. The van der Waals surface area contributed by atoms with Crippen LogP contribution in [0.4, 0.5) is 11.4 Å². The lowest BCUT2D eigenvalue weighted by Gasteiger charge is -2.33. The highest BCUT2D eigenvalue weighted by atomic mass is 16.5. The summed E-state index contributed by atoms with van der Waals surface area (Å²) in [5, 5.41) is 3.36.